The molecule has 150 valence electrons. The Balaban J connectivity index is 1.73. The van der Waals surface area contributed by atoms with E-state index in [1.807, 2.05) is 70.2 Å². The Morgan fingerprint density at radius 2 is 1.62 bits per heavy atom. The van der Waals surface area contributed by atoms with E-state index in [1.54, 1.807) is 12.1 Å². The lowest BCUT2D eigenvalue weighted by atomic mass is 10.0. The quantitative estimate of drug-likeness (QED) is 0.615. The van der Waals surface area contributed by atoms with Gasteiger partial charge in [0.25, 0.3) is 5.91 Å². The fraction of sp³-hybridized carbons (Fsp3) is 0.261. The van der Waals surface area contributed by atoms with Crippen LogP contribution in [0.5, 0.6) is 0 Å². The number of hydrogen-bond donors (Lipinski definition) is 2. The SMILES string of the molecule is Cc1ccc(C(=O)N[C@H](C(=O)Nc2nc(-c3ccccc3)c(C)s2)C(C)C)cc1. The second kappa shape index (κ2) is 9.01. The number of nitrogens with one attached hydrogen (secondary N) is 2. The van der Waals surface area contributed by atoms with Crippen molar-refractivity contribution in [2.45, 2.75) is 33.7 Å². The predicted octanol–water partition coefficient (Wildman–Crippen LogP) is 4.82. The van der Waals surface area contributed by atoms with Crippen molar-refractivity contribution < 1.29 is 9.59 Å². The van der Waals surface area contributed by atoms with Crippen molar-refractivity contribution in [3.8, 4) is 11.3 Å². The van der Waals surface area contributed by atoms with Gasteiger partial charge in [-0.25, -0.2) is 4.98 Å². The lowest BCUT2D eigenvalue weighted by Gasteiger charge is -2.21. The number of benzene rings is 2. The molecule has 1 heterocycles. The Morgan fingerprint density at radius 3 is 2.24 bits per heavy atom. The van der Waals surface area contributed by atoms with Gasteiger partial charge in [-0.05, 0) is 31.9 Å². The molecule has 2 N–H and O–H groups in total. The third-order valence-corrected chi connectivity index (χ3v) is 5.51. The lowest BCUT2D eigenvalue weighted by molar-refractivity contribution is -0.118. The maximum absolute atomic E-state index is 12.9. The summed E-state index contributed by atoms with van der Waals surface area (Å²) in [6.07, 6.45) is 0. The molecule has 3 rings (SSSR count). The van der Waals surface area contributed by atoms with Gasteiger partial charge in [-0.1, -0.05) is 61.9 Å². The van der Waals surface area contributed by atoms with Crippen molar-refractivity contribution in [1.29, 1.82) is 0 Å². The van der Waals surface area contributed by atoms with Crippen molar-refractivity contribution in [2.75, 3.05) is 5.32 Å². The normalized spacial score (nSPS) is 11.9. The Morgan fingerprint density at radius 1 is 0.966 bits per heavy atom. The summed E-state index contributed by atoms with van der Waals surface area (Å²) < 4.78 is 0. The number of rotatable bonds is 6. The van der Waals surface area contributed by atoms with Crippen LogP contribution in [0, 0.1) is 19.8 Å². The summed E-state index contributed by atoms with van der Waals surface area (Å²) in [6.45, 7) is 7.75. The fourth-order valence-electron chi connectivity index (χ4n) is 2.96. The third kappa shape index (κ3) is 5.09. The van der Waals surface area contributed by atoms with Gasteiger partial charge in [0.15, 0.2) is 5.13 Å². The largest absolute Gasteiger partial charge is 0.340 e. The van der Waals surface area contributed by atoms with Gasteiger partial charge >= 0.3 is 0 Å². The van der Waals surface area contributed by atoms with Crippen molar-refractivity contribution in [1.82, 2.24) is 10.3 Å². The minimum absolute atomic E-state index is 0.0703. The molecule has 0 bridgehead atoms. The summed E-state index contributed by atoms with van der Waals surface area (Å²) >= 11 is 1.43. The molecule has 5 nitrogen and oxygen atoms in total. The molecular formula is C23H25N3O2S. The summed E-state index contributed by atoms with van der Waals surface area (Å²) in [7, 11) is 0. The first-order valence-corrected chi connectivity index (χ1v) is 10.4. The third-order valence-electron chi connectivity index (χ3n) is 4.62. The standard InChI is InChI=1S/C23H25N3O2S/c1-14(2)19(24-21(27)18-12-10-15(3)11-13-18)22(28)26-23-25-20(16(4)29-23)17-8-6-5-7-9-17/h5-14,19H,1-4H3,(H,24,27)(H,25,26,28)/t19-/m0/s1. The zero-order valence-electron chi connectivity index (χ0n) is 17.0. The van der Waals surface area contributed by atoms with Gasteiger partial charge in [-0.2, -0.15) is 0 Å². The molecule has 2 aromatic carbocycles. The van der Waals surface area contributed by atoms with Gasteiger partial charge in [0.2, 0.25) is 5.91 Å². The number of nitrogens with zero attached hydrogens (tertiary/aromatic N) is 1. The van der Waals surface area contributed by atoms with Crippen LogP contribution in [-0.4, -0.2) is 22.8 Å². The van der Waals surface area contributed by atoms with Gasteiger partial charge in [0, 0.05) is 16.0 Å². The number of amides is 2. The highest BCUT2D eigenvalue weighted by Gasteiger charge is 2.26. The molecule has 3 aromatic rings. The monoisotopic (exact) mass is 407 g/mol. The molecule has 0 radical (unpaired) electrons. The Labute approximate surface area is 175 Å². The number of thiazole rings is 1. The maximum atomic E-state index is 12.9. The van der Waals surface area contributed by atoms with E-state index in [2.05, 4.69) is 15.6 Å². The molecule has 1 atom stereocenters. The minimum Gasteiger partial charge on any atom is -0.340 e. The highest BCUT2D eigenvalue weighted by atomic mass is 32.1. The molecule has 0 spiro atoms. The van der Waals surface area contributed by atoms with Gasteiger partial charge in [0.05, 0.1) is 5.69 Å². The summed E-state index contributed by atoms with van der Waals surface area (Å²) in [4.78, 5) is 31.0. The van der Waals surface area contributed by atoms with Crippen LogP contribution in [0.1, 0.15) is 34.6 Å². The van der Waals surface area contributed by atoms with Crippen LogP contribution >= 0.6 is 11.3 Å². The Bertz CT molecular complexity index is 995. The van der Waals surface area contributed by atoms with Gasteiger partial charge in [-0.3, -0.25) is 9.59 Å². The van der Waals surface area contributed by atoms with E-state index in [-0.39, 0.29) is 17.7 Å². The molecular weight excluding hydrogens is 382 g/mol. The zero-order chi connectivity index (χ0) is 21.0. The average Bonchev–Trinajstić information content (AvgIpc) is 3.06. The second-order valence-electron chi connectivity index (χ2n) is 7.34. The molecule has 0 aliphatic carbocycles. The zero-order valence-corrected chi connectivity index (χ0v) is 17.8. The van der Waals surface area contributed by atoms with Crippen LogP contribution in [0.4, 0.5) is 5.13 Å². The van der Waals surface area contributed by atoms with Crippen molar-refractivity contribution in [3.63, 3.8) is 0 Å². The van der Waals surface area contributed by atoms with Crippen LogP contribution in [0.3, 0.4) is 0 Å². The van der Waals surface area contributed by atoms with E-state index in [9.17, 15) is 9.59 Å². The van der Waals surface area contributed by atoms with Gasteiger partial charge in [-0.15, -0.1) is 11.3 Å². The highest BCUT2D eigenvalue weighted by molar-refractivity contribution is 7.16. The highest BCUT2D eigenvalue weighted by Crippen LogP contribution is 2.30. The number of carbonyl (C=O) groups excluding carboxylic acids is 2. The van der Waals surface area contributed by atoms with Gasteiger partial charge < -0.3 is 10.6 Å². The van der Waals surface area contributed by atoms with E-state index >= 15 is 0 Å². The summed E-state index contributed by atoms with van der Waals surface area (Å²) in [6, 6.07) is 16.5. The predicted molar refractivity (Wildman–Crippen MR) is 118 cm³/mol. The Hall–Kier alpha value is -2.99. The molecule has 29 heavy (non-hydrogen) atoms. The molecule has 1 aromatic heterocycles. The average molecular weight is 408 g/mol. The summed E-state index contributed by atoms with van der Waals surface area (Å²) in [5.41, 5.74) is 3.48. The first-order valence-electron chi connectivity index (χ1n) is 9.56. The molecule has 0 aliphatic rings. The summed E-state index contributed by atoms with van der Waals surface area (Å²) in [5.74, 6) is -0.605. The minimum atomic E-state index is -0.659. The number of aromatic nitrogens is 1. The fourth-order valence-corrected chi connectivity index (χ4v) is 3.80. The van der Waals surface area contributed by atoms with E-state index in [0.717, 1.165) is 21.7 Å². The van der Waals surface area contributed by atoms with E-state index in [4.69, 9.17) is 0 Å². The van der Waals surface area contributed by atoms with Crippen molar-refractivity contribution in [3.05, 3.63) is 70.6 Å². The lowest BCUT2D eigenvalue weighted by Crippen LogP contribution is -2.47. The number of anilines is 1. The van der Waals surface area contributed by atoms with Crippen molar-refractivity contribution >= 4 is 28.3 Å². The van der Waals surface area contributed by atoms with E-state index in [0.29, 0.717) is 10.7 Å². The topological polar surface area (TPSA) is 71.1 Å². The first kappa shape index (κ1) is 20.7. The first-order chi connectivity index (χ1) is 13.8. The van der Waals surface area contributed by atoms with E-state index < -0.39 is 6.04 Å². The molecule has 0 fully saturated rings. The number of hydrogen-bond acceptors (Lipinski definition) is 4. The Kier molecular flexibility index (Phi) is 6.44. The van der Waals surface area contributed by atoms with Crippen LogP contribution in [0.25, 0.3) is 11.3 Å². The van der Waals surface area contributed by atoms with Crippen LogP contribution in [0.15, 0.2) is 54.6 Å². The van der Waals surface area contributed by atoms with Gasteiger partial charge in [0.1, 0.15) is 6.04 Å². The van der Waals surface area contributed by atoms with Crippen LogP contribution in [-0.2, 0) is 4.79 Å². The van der Waals surface area contributed by atoms with Crippen LogP contribution in [0.2, 0.25) is 0 Å². The molecule has 2 amide bonds. The van der Waals surface area contributed by atoms with Crippen LogP contribution < -0.4 is 10.6 Å². The molecule has 0 unspecified atom stereocenters. The smallest absolute Gasteiger partial charge is 0.251 e. The molecule has 6 heteroatoms. The number of carbonyl (C=O) groups is 2. The molecule has 0 aliphatic heterocycles. The maximum Gasteiger partial charge on any atom is 0.251 e. The number of aryl methyl sites for hydroxylation is 2. The van der Waals surface area contributed by atoms with Crippen molar-refractivity contribution in [2.24, 2.45) is 5.92 Å². The summed E-state index contributed by atoms with van der Waals surface area (Å²) in [5, 5.41) is 6.25. The second-order valence-corrected chi connectivity index (χ2v) is 8.54. The van der Waals surface area contributed by atoms with E-state index in [1.165, 1.54) is 11.3 Å². The molecule has 0 saturated heterocycles. The molecule has 0 saturated carbocycles.